The molecule has 4 nitrogen and oxygen atoms in total. The molecular weight excluding hydrogens is 257 g/mol. The van der Waals surface area contributed by atoms with E-state index in [1.807, 2.05) is 0 Å². The van der Waals surface area contributed by atoms with Gasteiger partial charge in [0.1, 0.15) is 0 Å². The van der Waals surface area contributed by atoms with Crippen molar-refractivity contribution in [3.05, 3.63) is 0 Å². The minimum absolute atomic E-state index is 0.409. The summed E-state index contributed by atoms with van der Waals surface area (Å²) < 4.78 is 36.3. The number of alkyl halides is 3. The number of aliphatic imine (C=N–C) groups is 1. The summed E-state index contributed by atoms with van der Waals surface area (Å²) in [6, 6.07) is 0. The Morgan fingerprint density at radius 2 is 2.00 bits per heavy atom. The van der Waals surface area contributed by atoms with Gasteiger partial charge in [0.15, 0.2) is 5.96 Å². The molecule has 1 saturated carbocycles. The molecule has 0 amide bonds. The number of hydrogen-bond acceptors (Lipinski definition) is 2. The largest absolute Gasteiger partial charge is 0.401 e. The molecule has 0 bridgehead atoms. The zero-order valence-corrected chi connectivity index (χ0v) is 11.6. The van der Waals surface area contributed by atoms with E-state index in [-0.39, 0.29) is 0 Å². The number of rotatable bonds is 7. The van der Waals surface area contributed by atoms with Crippen molar-refractivity contribution in [2.24, 2.45) is 10.9 Å². The Kier molecular flexibility index (Phi) is 6.41. The van der Waals surface area contributed by atoms with Crippen LogP contribution in [0.2, 0.25) is 0 Å². The fourth-order valence-corrected chi connectivity index (χ4v) is 1.72. The van der Waals surface area contributed by atoms with Crippen molar-refractivity contribution >= 4 is 5.96 Å². The molecule has 7 heteroatoms. The lowest BCUT2D eigenvalue weighted by molar-refractivity contribution is -0.143. The van der Waals surface area contributed by atoms with Gasteiger partial charge in [-0.15, -0.1) is 0 Å². The van der Waals surface area contributed by atoms with Crippen LogP contribution in [-0.4, -0.2) is 57.3 Å². The van der Waals surface area contributed by atoms with Gasteiger partial charge in [-0.05, 0) is 38.8 Å². The average Bonchev–Trinajstić information content (AvgIpc) is 3.09. The Morgan fingerprint density at radius 3 is 2.53 bits per heavy atom. The third-order valence-electron chi connectivity index (χ3n) is 2.94. The molecule has 0 spiro atoms. The molecule has 0 atom stereocenters. The van der Waals surface area contributed by atoms with Gasteiger partial charge >= 0.3 is 6.18 Å². The molecule has 2 N–H and O–H groups in total. The molecule has 1 aliphatic carbocycles. The zero-order valence-electron chi connectivity index (χ0n) is 11.6. The molecule has 1 rings (SSSR count). The van der Waals surface area contributed by atoms with Crippen LogP contribution in [0.3, 0.4) is 0 Å². The van der Waals surface area contributed by atoms with Crippen LogP contribution in [0.5, 0.6) is 0 Å². The molecule has 0 aromatic heterocycles. The smallest absolute Gasteiger partial charge is 0.356 e. The SMILES string of the molecule is CN=C(NCCCN(C)CC(F)(F)F)NCC1CC1. The van der Waals surface area contributed by atoms with Crippen LogP contribution in [-0.2, 0) is 0 Å². The van der Waals surface area contributed by atoms with Crippen LogP contribution in [0.25, 0.3) is 0 Å². The van der Waals surface area contributed by atoms with Gasteiger partial charge in [0.05, 0.1) is 6.54 Å². The van der Waals surface area contributed by atoms with Gasteiger partial charge < -0.3 is 10.6 Å². The Balaban J connectivity index is 2.04. The maximum absolute atomic E-state index is 12.1. The molecule has 0 aliphatic heterocycles. The molecule has 1 fully saturated rings. The molecule has 0 heterocycles. The van der Waals surface area contributed by atoms with Crippen molar-refractivity contribution in [3.8, 4) is 0 Å². The summed E-state index contributed by atoms with van der Waals surface area (Å²) in [5.74, 6) is 1.49. The lowest BCUT2D eigenvalue weighted by Crippen LogP contribution is -2.40. The summed E-state index contributed by atoms with van der Waals surface area (Å²) in [6.45, 7) is 1.09. The summed E-state index contributed by atoms with van der Waals surface area (Å²) in [5, 5.41) is 6.30. The van der Waals surface area contributed by atoms with Gasteiger partial charge in [0.2, 0.25) is 0 Å². The first-order valence-corrected chi connectivity index (χ1v) is 6.60. The van der Waals surface area contributed by atoms with Gasteiger partial charge in [0.25, 0.3) is 0 Å². The van der Waals surface area contributed by atoms with E-state index < -0.39 is 12.7 Å². The number of nitrogens with one attached hydrogen (secondary N) is 2. The van der Waals surface area contributed by atoms with E-state index in [0.717, 1.165) is 18.4 Å². The highest BCUT2D eigenvalue weighted by molar-refractivity contribution is 5.79. The maximum Gasteiger partial charge on any atom is 0.401 e. The average molecular weight is 280 g/mol. The first kappa shape index (κ1) is 16.1. The third kappa shape index (κ3) is 8.69. The number of halogens is 3. The second kappa shape index (κ2) is 7.57. The van der Waals surface area contributed by atoms with E-state index in [1.165, 1.54) is 24.8 Å². The highest BCUT2D eigenvalue weighted by atomic mass is 19.4. The van der Waals surface area contributed by atoms with Gasteiger partial charge in [0, 0.05) is 20.1 Å². The van der Waals surface area contributed by atoms with Crippen LogP contribution in [0.15, 0.2) is 4.99 Å². The molecule has 0 unspecified atom stereocenters. The summed E-state index contributed by atoms with van der Waals surface area (Å²) in [7, 11) is 3.17. The van der Waals surface area contributed by atoms with Crippen molar-refractivity contribution in [1.82, 2.24) is 15.5 Å². The maximum atomic E-state index is 12.1. The Labute approximate surface area is 112 Å². The predicted octanol–water partition coefficient (Wildman–Crippen LogP) is 1.45. The number of hydrogen-bond donors (Lipinski definition) is 2. The van der Waals surface area contributed by atoms with Crippen molar-refractivity contribution in [2.45, 2.75) is 25.4 Å². The minimum atomic E-state index is -4.12. The second-order valence-corrected chi connectivity index (χ2v) is 5.03. The highest BCUT2D eigenvalue weighted by Gasteiger charge is 2.28. The van der Waals surface area contributed by atoms with Crippen LogP contribution in [0, 0.1) is 5.92 Å². The molecule has 112 valence electrons. The van der Waals surface area contributed by atoms with Crippen LogP contribution in [0.4, 0.5) is 13.2 Å². The monoisotopic (exact) mass is 280 g/mol. The van der Waals surface area contributed by atoms with Gasteiger partial charge in [-0.1, -0.05) is 0 Å². The van der Waals surface area contributed by atoms with Crippen LogP contribution >= 0.6 is 0 Å². The highest BCUT2D eigenvalue weighted by Crippen LogP contribution is 2.27. The quantitative estimate of drug-likeness (QED) is 0.421. The van der Waals surface area contributed by atoms with Crippen molar-refractivity contribution in [2.75, 3.05) is 40.3 Å². The summed E-state index contributed by atoms with van der Waals surface area (Å²) >= 11 is 0. The topological polar surface area (TPSA) is 39.7 Å². The van der Waals surface area contributed by atoms with Gasteiger partial charge in [-0.25, -0.2) is 0 Å². The van der Waals surface area contributed by atoms with Crippen molar-refractivity contribution in [1.29, 1.82) is 0 Å². The van der Waals surface area contributed by atoms with Crippen molar-refractivity contribution < 1.29 is 13.2 Å². The number of guanidine groups is 1. The fraction of sp³-hybridized carbons (Fsp3) is 0.917. The molecule has 0 saturated heterocycles. The van der Waals surface area contributed by atoms with E-state index in [2.05, 4.69) is 15.6 Å². The fourth-order valence-electron chi connectivity index (χ4n) is 1.72. The third-order valence-corrected chi connectivity index (χ3v) is 2.94. The Bertz CT molecular complexity index is 287. The van der Waals surface area contributed by atoms with E-state index in [9.17, 15) is 13.2 Å². The molecule has 1 aliphatic rings. The lowest BCUT2D eigenvalue weighted by atomic mass is 10.4. The summed E-state index contributed by atoms with van der Waals surface area (Å²) in [5.41, 5.74) is 0. The first-order chi connectivity index (χ1) is 8.90. The van der Waals surface area contributed by atoms with Gasteiger partial charge in [-0.3, -0.25) is 9.89 Å². The van der Waals surface area contributed by atoms with E-state index in [1.54, 1.807) is 7.05 Å². The van der Waals surface area contributed by atoms with Gasteiger partial charge in [-0.2, -0.15) is 13.2 Å². The minimum Gasteiger partial charge on any atom is -0.356 e. The predicted molar refractivity (Wildman–Crippen MR) is 70.3 cm³/mol. The standard InChI is InChI=1S/C12H23F3N4/c1-16-11(18-8-10-4-5-10)17-6-3-7-19(2)9-12(13,14)15/h10H,3-9H2,1-2H3,(H2,16,17,18). The van der Waals surface area contributed by atoms with E-state index in [0.29, 0.717) is 19.5 Å². The Hall–Kier alpha value is -0.980. The molecular formula is C12H23F3N4. The van der Waals surface area contributed by atoms with Crippen molar-refractivity contribution in [3.63, 3.8) is 0 Å². The normalized spacial score (nSPS) is 16.8. The zero-order chi connectivity index (χ0) is 14.3. The molecule has 0 aromatic carbocycles. The molecule has 0 radical (unpaired) electrons. The number of nitrogens with zero attached hydrogens (tertiary/aromatic N) is 2. The van der Waals surface area contributed by atoms with E-state index >= 15 is 0 Å². The molecule has 19 heavy (non-hydrogen) atoms. The molecule has 0 aromatic rings. The first-order valence-electron chi connectivity index (χ1n) is 6.60. The van der Waals surface area contributed by atoms with Crippen LogP contribution in [0.1, 0.15) is 19.3 Å². The second-order valence-electron chi connectivity index (χ2n) is 5.03. The lowest BCUT2D eigenvalue weighted by Gasteiger charge is -2.18. The summed E-state index contributed by atoms with van der Waals surface area (Å²) in [6.07, 6.45) is -0.931. The van der Waals surface area contributed by atoms with Crippen LogP contribution < -0.4 is 10.6 Å². The summed E-state index contributed by atoms with van der Waals surface area (Å²) in [4.78, 5) is 5.34. The Morgan fingerprint density at radius 1 is 1.32 bits per heavy atom. The van der Waals surface area contributed by atoms with E-state index in [4.69, 9.17) is 0 Å².